The summed E-state index contributed by atoms with van der Waals surface area (Å²) in [6.45, 7) is -0.0729. The van der Waals surface area contributed by atoms with Crippen molar-refractivity contribution >= 4 is 23.5 Å². The molecule has 0 radical (unpaired) electrons. The number of primary amides is 1. The molecule has 7 nitrogen and oxygen atoms in total. The minimum absolute atomic E-state index is 0.0297. The zero-order valence-electron chi connectivity index (χ0n) is 16.3. The van der Waals surface area contributed by atoms with E-state index >= 15 is 0 Å². The number of esters is 1. The summed E-state index contributed by atoms with van der Waals surface area (Å²) >= 11 is 5.80. The maximum Gasteiger partial charge on any atom is 0.378 e. The van der Waals surface area contributed by atoms with E-state index in [1.165, 1.54) is 18.2 Å². The van der Waals surface area contributed by atoms with E-state index in [4.69, 9.17) is 26.5 Å². The number of benzene rings is 2. The molecule has 0 saturated heterocycles. The van der Waals surface area contributed by atoms with Gasteiger partial charge in [0.1, 0.15) is 12.4 Å². The monoisotopic (exact) mass is 445 g/mol. The second-order valence-electron chi connectivity index (χ2n) is 6.42. The van der Waals surface area contributed by atoms with Crippen LogP contribution in [0.15, 0.2) is 57.7 Å². The highest BCUT2D eigenvalue weighted by atomic mass is 35.5. The van der Waals surface area contributed by atoms with Crippen LogP contribution in [0.3, 0.4) is 0 Å². The first-order chi connectivity index (χ1) is 14.8. The summed E-state index contributed by atoms with van der Waals surface area (Å²) in [6.07, 6.45) is -0.365. The molecule has 9 heteroatoms. The van der Waals surface area contributed by atoms with Gasteiger partial charge in [0, 0.05) is 6.42 Å². The van der Waals surface area contributed by atoms with Gasteiger partial charge in [-0.3, -0.25) is 9.59 Å². The topological polar surface area (TPSA) is 109 Å². The normalized spacial score (nSPS) is 10.5. The summed E-state index contributed by atoms with van der Waals surface area (Å²) in [6, 6.07) is 13.1. The third kappa shape index (κ3) is 4.75. The van der Waals surface area contributed by atoms with Gasteiger partial charge in [-0.15, -0.1) is 0 Å². The Hall–Kier alpha value is -3.65. The van der Waals surface area contributed by atoms with Crippen LogP contribution in [0.5, 0.6) is 5.75 Å². The highest BCUT2D eigenvalue weighted by Crippen LogP contribution is 2.25. The molecular formula is C22H17ClFNO6. The van der Waals surface area contributed by atoms with Crippen molar-refractivity contribution < 1.29 is 27.9 Å². The fourth-order valence-electron chi connectivity index (χ4n) is 2.88. The Kier molecular flexibility index (Phi) is 6.71. The second-order valence-corrected chi connectivity index (χ2v) is 6.82. The number of ether oxygens (including phenoxy) is 2. The third-order valence-electron chi connectivity index (χ3n) is 4.38. The second kappa shape index (κ2) is 9.44. The van der Waals surface area contributed by atoms with Gasteiger partial charge in [0.25, 0.3) is 11.7 Å². The Balaban J connectivity index is 2.14. The van der Waals surface area contributed by atoms with Crippen molar-refractivity contribution in [1.82, 2.24) is 0 Å². The number of carbonyl (C=O) groups excluding carboxylic acids is 2. The van der Waals surface area contributed by atoms with Crippen LogP contribution >= 0.6 is 11.6 Å². The van der Waals surface area contributed by atoms with E-state index in [2.05, 4.69) is 4.74 Å². The van der Waals surface area contributed by atoms with Crippen molar-refractivity contribution in [3.8, 4) is 5.75 Å². The van der Waals surface area contributed by atoms with Gasteiger partial charge >= 0.3 is 5.97 Å². The lowest BCUT2D eigenvalue weighted by atomic mass is 10.0. The predicted molar refractivity (Wildman–Crippen MR) is 110 cm³/mol. The number of nitrogens with two attached hydrogens (primary N) is 1. The lowest BCUT2D eigenvalue weighted by Gasteiger charge is -2.13. The van der Waals surface area contributed by atoms with Crippen molar-refractivity contribution in [2.45, 2.75) is 13.0 Å². The van der Waals surface area contributed by atoms with E-state index in [9.17, 15) is 18.8 Å². The maximum absolute atomic E-state index is 14.4. The highest BCUT2D eigenvalue weighted by Gasteiger charge is 2.28. The van der Waals surface area contributed by atoms with Crippen molar-refractivity contribution in [2.24, 2.45) is 5.73 Å². The molecule has 0 fully saturated rings. The van der Waals surface area contributed by atoms with E-state index < -0.39 is 40.4 Å². The summed E-state index contributed by atoms with van der Waals surface area (Å²) in [5, 5.41) is -0.158. The van der Waals surface area contributed by atoms with Crippen LogP contribution in [0.1, 0.15) is 37.8 Å². The molecule has 0 aliphatic rings. The summed E-state index contributed by atoms with van der Waals surface area (Å²) in [5.74, 6) is -4.61. The average molecular weight is 446 g/mol. The number of hydrogen-bond acceptors (Lipinski definition) is 6. The number of halogens is 2. The Labute approximate surface area is 181 Å². The Morgan fingerprint density at radius 2 is 1.81 bits per heavy atom. The fraction of sp³-hybridized carbons (Fsp3) is 0.136. The van der Waals surface area contributed by atoms with Crippen LogP contribution < -0.4 is 15.9 Å². The molecular weight excluding hydrogens is 429 g/mol. The number of amides is 1. The molecule has 3 aromatic rings. The van der Waals surface area contributed by atoms with Crippen LogP contribution in [0.2, 0.25) is 5.02 Å². The number of carbonyl (C=O) groups is 2. The quantitative estimate of drug-likeness (QED) is 0.557. The van der Waals surface area contributed by atoms with Crippen molar-refractivity contribution in [3.05, 3.63) is 97.8 Å². The first kappa shape index (κ1) is 22.0. The van der Waals surface area contributed by atoms with Crippen molar-refractivity contribution in [3.63, 3.8) is 0 Å². The van der Waals surface area contributed by atoms with Gasteiger partial charge < -0.3 is 19.6 Å². The van der Waals surface area contributed by atoms with Gasteiger partial charge in [-0.2, -0.15) is 0 Å². The summed E-state index contributed by atoms with van der Waals surface area (Å²) in [5.41, 5.74) is 4.96. The highest BCUT2D eigenvalue weighted by molar-refractivity contribution is 6.30. The lowest BCUT2D eigenvalue weighted by molar-refractivity contribution is 0.0549. The third-order valence-corrected chi connectivity index (χ3v) is 4.68. The molecule has 2 aromatic carbocycles. The van der Waals surface area contributed by atoms with Crippen LogP contribution in [0, 0.1) is 5.82 Å². The van der Waals surface area contributed by atoms with Crippen molar-refractivity contribution in [1.29, 1.82) is 0 Å². The Morgan fingerprint density at radius 3 is 2.45 bits per heavy atom. The van der Waals surface area contributed by atoms with Crippen molar-refractivity contribution in [2.75, 3.05) is 7.11 Å². The largest absolute Gasteiger partial charge is 0.481 e. The lowest BCUT2D eigenvalue weighted by Crippen LogP contribution is -2.25. The number of methoxy groups -OCH3 is 1. The Bertz CT molecular complexity index is 1190. The molecule has 0 spiro atoms. The number of hydrogen-bond donors (Lipinski definition) is 1. The van der Waals surface area contributed by atoms with Gasteiger partial charge in [-0.1, -0.05) is 54.1 Å². The standard InChI is InChI=1S/C22H17ClFNO6/c1-29-22(28)20-19(30-11-12-6-3-2-4-7-12)17(26)14(18(31-20)21(25)27)10-13-8-5-9-15(23)16(13)24/h2-9H,10-11H2,1H3,(H2,25,27). The van der Waals surface area contributed by atoms with Crippen LogP contribution in [-0.2, 0) is 17.8 Å². The molecule has 1 aromatic heterocycles. The van der Waals surface area contributed by atoms with Gasteiger partial charge in [-0.05, 0) is 17.2 Å². The van der Waals surface area contributed by atoms with Gasteiger partial charge in [0.2, 0.25) is 11.2 Å². The smallest absolute Gasteiger partial charge is 0.378 e. The van der Waals surface area contributed by atoms with E-state index in [0.717, 1.165) is 7.11 Å². The van der Waals surface area contributed by atoms with E-state index in [1.807, 2.05) is 0 Å². The van der Waals surface area contributed by atoms with E-state index in [0.29, 0.717) is 5.56 Å². The molecule has 31 heavy (non-hydrogen) atoms. The summed E-state index contributed by atoms with van der Waals surface area (Å²) < 4.78 is 29.9. The average Bonchev–Trinajstić information content (AvgIpc) is 2.77. The molecule has 0 bridgehead atoms. The first-order valence-electron chi connectivity index (χ1n) is 9.01. The summed E-state index contributed by atoms with van der Waals surface area (Å²) in [4.78, 5) is 37.3. The molecule has 0 atom stereocenters. The number of rotatable bonds is 7. The van der Waals surface area contributed by atoms with Gasteiger partial charge in [0.05, 0.1) is 17.7 Å². The molecule has 0 aliphatic heterocycles. The minimum atomic E-state index is -1.12. The van der Waals surface area contributed by atoms with E-state index in [1.54, 1.807) is 30.3 Å². The molecule has 3 rings (SSSR count). The van der Waals surface area contributed by atoms with Gasteiger partial charge in [-0.25, -0.2) is 9.18 Å². The molecule has 2 N–H and O–H groups in total. The molecule has 0 aliphatic carbocycles. The zero-order valence-corrected chi connectivity index (χ0v) is 17.1. The maximum atomic E-state index is 14.4. The minimum Gasteiger partial charge on any atom is -0.481 e. The van der Waals surface area contributed by atoms with Crippen LogP contribution in [0.25, 0.3) is 0 Å². The Morgan fingerprint density at radius 1 is 1.10 bits per heavy atom. The van der Waals surface area contributed by atoms with Gasteiger partial charge in [0.15, 0.2) is 5.76 Å². The molecule has 0 unspecified atom stereocenters. The predicted octanol–water partition coefficient (Wildman–Crippen LogP) is 3.49. The molecule has 0 saturated carbocycles. The van der Waals surface area contributed by atoms with Crippen LogP contribution in [-0.4, -0.2) is 19.0 Å². The summed E-state index contributed by atoms with van der Waals surface area (Å²) in [7, 11) is 1.07. The van der Waals surface area contributed by atoms with Crippen LogP contribution in [0.4, 0.5) is 4.39 Å². The molecule has 1 heterocycles. The van der Waals surface area contributed by atoms with E-state index in [-0.39, 0.29) is 29.2 Å². The SMILES string of the molecule is COC(=O)c1oc(C(N)=O)c(Cc2cccc(Cl)c2F)c(=O)c1OCc1ccccc1. The molecule has 1 amide bonds. The molecule has 160 valence electrons. The fourth-order valence-corrected chi connectivity index (χ4v) is 3.07. The zero-order chi connectivity index (χ0) is 22.5. The first-order valence-corrected chi connectivity index (χ1v) is 9.39.